The number of para-hydroxylation sites is 1. The summed E-state index contributed by atoms with van der Waals surface area (Å²) in [5.41, 5.74) is 8.97. The summed E-state index contributed by atoms with van der Waals surface area (Å²) in [4.78, 5) is 11.2. The van der Waals surface area contributed by atoms with Crippen LogP contribution in [0.5, 0.6) is 11.5 Å². The molecule has 0 saturated carbocycles. The van der Waals surface area contributed by atoms with Gasteiger partial charge < -0.3 is 25.4 Å². The summed E-state index contributed by atoms with van der Waals surface area (Å²) in [5.74, 6) is 2.70. The minimum atomic E-state index is 0.340. The molecule has 0 fully saturated rings. The van der Waals surface area contributed by atoms with Crippen molar-refractivity contribution in [3.8, 4) is 11.5 Å². The van der Waals surface area contributed by atoms with Crippen molar-refractivity contribution in [1.29, 1.82) is 0 Å². The van der Waals surface area contributed by atoms with Crippen LogP contribution in [-0.4, -0.2) is 38.3 Å². The Kier molecular flexibility index (Phi) is 5.37. The van der Waals surface area contributed by atoms with Crippen LogP contribution in [0.2, 0.25) is 0 Å². The molecule has 0 bridgehead atoms. The van der Waals surface area contributed by atoms with E-state index in [2.05, 4.69) is 21.4 Å². The lowest BCUT2D eigenvalue weighted by Gasteiger charge is -2.14. The molecule has 7 heteroatoms. The third kappa shape index (κ3) is 4.34. The monoisotopic (exact) mass is 391 g/mol. The number of pyridine rings is 1. The van der Waals surface area contributed by atoms with Crippen LogP contribution in [0.25, 0.3) is 10.9 Å². The van der Waals surface area contributed by atoms with E-state index >= 15 is 0 Å². The Morgan fingerprint density at radius 2 is 1.90 bits per heavy atom. The highest BCUT2D eigenvalue weighted by molar-refractivity contribution is 5.93. The first-order valence-electron chi connectivity index (χ1n) is 9.63. The molecule has 0 spiro atoms. The number of nitrogens with one attached hydrogen (secondary N) is 1. The summed E-state index contributed by atoms with van der Waals surface area (Å²) in [6.45, 7) is 1.76. The van der Waals surface area contributed by atoms with E-state index < -0.39 is 0 Å². The van der Waals surface area contributed by atoms with E-state index in [0.29, 0.717) is 25.7 Å². The fraction of sp³-hybridized carbons (Fsp3) is 0.273. The van der Waals surface area contributed by atoms with Crippen LogP contribution in [0.1, 0.15) is 12.0 Å². The van der Waals surface area contributed by atoms with Crippen molar-refractivity contribution in [1.82, 2.24) is 4.98 Å². The fourth-order valence-electron chi connectivity index (χ4n) is 3.19. The summed E-state index contributed by atoms with van der Waals surface area (Å²) in [6, 6.07) is 15.8. The van der Waals surface area contributed by atoms with Gasteiger partial charge in [-0.3, -0.25) is 0 Å². The second-order valence-corrected chi connectivity index (χ2v) is 7.09. The molecule has 2 aromatic carbocycles. The molecule has 1 aliphatic rings. The van der Waals surface area contributed by atoms with Crippen LogP contribution in [0.3, 0.4) is 0 Å². The molecule has 2 heterocycles. The zero-order valence-corrected chi connectivity index (χ0v) is 16.7. The number of aliphatic imine (C=N–C) groups is 1. The van der Waals surface area contributed by atoms with Gasteiger partial charge in [-0.05, 0) is 29.8 Å². The topological polar surface area (TPSA) is 85.0 Å². The molecule has 0 amide bonds. The number of ether oxygens (including phenoxy) is 2. The summed E-state index contributed by atoms with van der Waals surface area (Å²) in [5, 5.41) is 4.21. The van der Waals surface area contributed by atoms with Crippen molar-refractivity contribution < 1.29 is 9.47 Å². The van der Waals surface area contributed by atoms with E-state index in [0.717, 1.165) is 45.9 Å². The molecule has 0 radical (unpaired) electrons. The average Bonchev–Trinajstić information content (AvgIpc) is 2.96. The lowest BCUT2D eigenvalue weighted by molar-refractivity contribution is 0.297. The molecule has 0 atom stereocenters. The average molecular weight is 391 g/mol. The highest BCUT2D eigenvalue weighted by atomic mass is 16.5. The largest absolute Gasteiger partial charge is 0.490 e. The van der Waals surface area contributed by atoms with Gasteiger partial charge in [0.05, 0.1) is 25.3 Å². The van der Waals surface area contributed by atoms with E-state index in [1.807, 2.05) is 61.5 Å². The number of hydrogen-bond acceptors (Lipinski definition) is 5. The van der Waals surface area contributed by atoms with Crippen molar-refractivity contribution in [3.05, 3.63) is 54.1 Å². The number of rotatable bonds is 4. The van der Waals surface area contributed by atoms with Crippen molar-refractivity contribution in [2.45, 2.75) is 13.0 Å². The van der Waals surface area contributed by atoms with Crippen molar-refractivity contribution >= 4 is 28.4 Å². The summed E-state index contributed by atoms with van der Waals surface area (Å²) < 4.78 is 11.4. The Bertz CT molecular complexity index is 1050. The van der Waals surface area contributed by atoms with Gasteiger partial charge in [-0.2, -0.15) is 0 Å². The second kappa shape index (κ2) is 8.26. The normalized spacial score (nSPS) is 13.8. The predicted octanol–water partition coefficient (Wildman–Crippen LogP) is 3.39. The first-order valence-corrected chi connectivity index (χ1v) is 9.63. The highest BCUT2D eigenvalue weighted by Gasteiger charge is 2.11. The van der Waals surface area contributed by atoms with Crippen LogP contribution >= 0.6 is 0 Å². The van der Waals surface area contributed by atoms with Gasteiger partial charge in [0.15, 0.2) is 17.5 Å². The molecule has 0 unspecified atom stereocenters. The Balaban J connectivity index is 1.54. The second-order valence-electron chi connectivity index (χ2n) is 7.09. The third-order valence-corrected chi connectivity index (χ3v) is 4.69. The first kappa shape index (κ1) is 18.9. The molecular formula is C22H25N5O2. The van der Waals surface area contributed by atoms with Gasteiger partial charge in [0.25, 0.3) is 0 Å². The zero-order chi connectivity index (χ0) is 20.2. The molecule has 1 aliphatic heterocycles. The Morgan fingerprint density at radius 1 is 1.10 bits per heavy atom. The SMILES string of the molecule is CN(C)c1cc(CN=C(N)Nc2ccc3c(c2)OCCCO3)c2ccccc2n1. The Morgan fingerprint density at radius 3 is 2.72 bits per heavy atom. The predicted molar refractivity (Wildman–Crippen MR) is 117 cm³/mol. The molecule has 1 aromatic heterocycles. The van der Waals surface area contributed by atoms with Crippen LogP contribution in [0.4, 0.5) is 11.5 Å². The van der Waals surface area contributed by atoms with Crippen LogP contribution in [0.15, 0.2) is 53.5 Å². The number of fused-ring (bicyclic) bond motifs is 2. The van der Waals surface area contributed by atoms with Gasteiger partial charge >= 0.3 is 0 Å². The van der Waals surface area contributed by atoms with E-state index in [1.165, 1.54) is 0 Å². The number of nitrogens with zero attached hydrogens (tertiary/aromatic N) is 3. The molecule has 7 nitrogen and oxygen atoms in total. The molecule has 29 heavy (non-hydrogen) atoms. The van der Waals surface area contributed by atoms with E-state index in [4.69, 9.17) is 15.2 Å². The molecule has 4 rings (SSSR count). The van der Waals surface area contributed by atoms with E-state index in [1.54, 1.807) is 0 Å². The van der Waals surface area contributed by atoms with Gasteiger partial charge in [0.1, 0.15) is 5.82 Å². The van der Waals surface area contributed by atoms with Gasteiger partial charge in [-0.15, -0.1) is 0 Å². The van der Waals surface area contributed by atoms with Crippen LogP contribution in [0, 0.1) is 0 Å². The first-order chi connectivity index (χ1) is 14.1. The van der Waals surface area contributed by atoms with Gasteiger partial charge in [0.2, 0.25) is 0 Å². The number of guanidine groups is 1. The smallest absolute Gasteiger partial charge is 0.193 e. The van der Waals surface area contributed by atoms with Crippen molar-refractivity contribution in [2.24, 2.45) is 10.7 Å². The molecule has 3 N–H and O–H groups in total. The highest BCUT2D eigenvalue weighted by Crippen LogP contribution is 2.32. The molecule has 150 valence electrons. The number of aromatic nitrogens is 1. The third-order valence-electron chi connectivity index (χ3n) is 4.69. The number of benzene rings is 2. The lowest BCUT2D eigenvalue weighted by Crippen LogP contribution is -2.22. The maximum atomic E-state index is 6.14. The van der Waals surface area contributed by atoms with Crippen LogP contribution < -0.4 is 25.4 Å². The van der Waals surface area contributed by atoms with Gasteiger partial charge in [-0.25, -0.2) is 9.98 Å². The van der Waals surface area contributed by atoms with Crippen LogP contribution in [-0.2, 0) is 6.54 Å². The molecule has 0 aliphatic carbocycles. The van der Waals surface area contributed by atoms with Gasteiger partial charge in [0, 0.05) is 37.7 Å². The summed E-state index contributed by atoms with van der Waals surface area (Å²) in [7, 11) is 3.95. The molecule has 0 saturated heterocycles. The lowest BCUT2D eigenvalue weighted by atomic mass is 10.1. The fourth-order valence-corrected chi connectivity index (χ4v) is 3.19. The Labute approximate surface area is 170 Å². The maximum absolute atomic E-state index is 6.14. The minimum Gasteiger partial charge on any atom is -0.490 e. The Hall–Kier alpha value is -3.48. The summed E-state index contributed by atoms with van der Waals surface area (Å²) >= 11 is 0. The number of anilines is 2. The summed E-state index contributed by atoms with van der Waals surface area (Å²) in [6.07, 6.45) is 0.871. The minimum absolute atomic E-state index is 0.340. The van der Waals surface area contributed by atoms with E-state index in [-0.39, 0.29) is 0 Å². The zero-order valence-electron chi connectivity index (χ0n) is 16.7. The number of nitrogens with two attached hydrogens (primary N) is 1. The quantitative estimate of drug-likeness (QED) is 0.524. The molecule has 3 aromatic rings. The van der Waals surface area contributed by atoms with Crippen molar-refractivity contribution in [3.63, 3.8) is 0 Å². The van der Waals surface area contributed by atoms with Gasteiger partial charge in [-0.1, -0.05) is 18.2 Å². The molecular weight excluding hydrogens is 366 g/mol. The van der Waals surface area contributed by atoms with Crippen molar-refractivity contribution in [2.75, 3.05) is 37.5 Å². The van der Waals surface area contributed by atoms with E-state index in [9.17, 15) is 0 Å². The maximum Gasteiger partial charge on any atom is 0.193 e. The standard InChI is InChI=1S/C22H25N5O2/c1-27(2)21-12-15(17-6-3-4-7-18(17)26-21)14-24-22(23)25-16-8-9-19-20(13-16)29-11-5-10-28-19/h3-4,6-9,12-13H,5,10-11,14H2,1-2H3,(H3,23,24,25). The number of hydrogen-bond donors (Lipinski definition) is 2.